The molecule has 1 heterocycles. The number of carbonyl (C=O) groups excluding carboxylic acids is 1. The van der Waals surface area contributed by atoms with Crippen molar-refractivity contribution >= 4 is 5.97 Å². The van der Waals surface area contributed by atoms with E-state index in [1.807, 2.05) is 0 Å². The van der Waals surface area contributed by atoms with E-state index in [-0.39, 0.29) is 19.2 Å². The number of esters is 1. The number of ether oxygens (including phenoxy) is 4. The Morgan fingerprint density at radius 2 is 1.05 bits per heavy atom. The van der Waals surface area contributed by atoms with Crippen molar-refractivity contribution in [3.8, 4) is 0 Å². The first kappa shape index (κ1) is 54.2. The first-order chi connectivity index (χ1) is 28.4. The monoisotopic (exact) mass is 821 g/mol. The summed E-state index contributed by atoms with van der Waals surface area (Å²) in [6, 6.07) is 0. The number of hydrogen-bond donors (Lipinski definition) is 4. The van der Waals surface area contributed by atoms with Crippen molar-refractivity contribution in [2.24, 2.45) is 0 Å². The van der Waals surface area contributed by atoms with Gasteiger partial charge in [0.1, 0.15) is 30.5 Å². The Balaban J connectivity index is 2.25. The Morgan fingerprint density at radius 1 is 0.569 bits per heavy atom. The molecule has 1 fully saturated rings. The summed E-state index contributed by atoms with van der Waals surface area (Å²) in [6.07, 6.45) is 42.7. The van der Waals surface area contributed by atoms with Crippen molar-refractivity contribution in [1.82, 2.24) is 0 Å². The molecule has 1 rings (SSSR count). The fourth-order valence-corrected chi connectivity index (χ4v) is 7.07. The maximum atomic E-state index is 12.8. The molecule has 6 unspecified atom stereocenters. The third-order valence-corrected chi connectivity index (χ3v) is 10.8. The van der Waals surface area contributed by atoms with Crippen LogP contribution in [0.25, 0.3) is 0 Å². The van der Waals surface area contributed by atoms with Crippen molar-refractivity contribution in [3.63, 3.8) is 0 Å². The van der Waals surface area contributed by atoms with Gasteiger partial charge < -0.3 is 39.4 Å². The molecule has 58 heavy (non-hydrogen) atoms. The second-order valence-electron chi connectivity index (χ2n) is 16.2. The lowest BCUT2D eigenvalue weighted by Crippen LogP contribution is -2.59. The van der Waals surface area contributed by atoms with E-state index < -0.39 is 43.4 Å². The van der Waals surface area contributed by atoms with Crippen LogP contribution in [0.15, 0.2) is 48.6 Å². The SMILES string of the molecule is CC/C=C\C/C=C\C/C=C\C/C=C\CCCCCCCCC(=O)OC(COCCCCCCCCCCCCCCCCCC)COC1OC(CO)C(O)C(O)C1O. The van der Waals surface area contributed by atoms with Crippen LogP contribution in [0, 0.1) is 0 Å². The maximum absolute atomic E-state index is 12.8. The number of carbonyl (C=O) groups is 1. The van der Waals surface area contributed by atoms with Crippen molar-refractivity contribution < 1.29 is 44.2 Å². The molecule has 1 aliphatic heterocycles. The first-order valence-corrected chi connectivity index (χ1v) is 23.7. The van der Waals surface area contributed by atoms with Gasteiger partial charge in [0.2, 0.25) is 0 Å². The zero-order valence-electron chi connectivity index (χ0n) is 37.0. The normalized spacial score (nSPS) is 20.7. The van der Waals surface area contributed by atoms with Crippen molar-refractivity contribution in [1.29, 1.82) is 0 Å². The molecular weight excluding hydrogens is 733 g/mol. The summed E-state index contributed by atoms with van der Waals surface area (Å²) in [4.78, 5) is 12.8. The number of aliphatic hydroxyl groups excluding tert-OH is 4. The lowest BCUT2D eigenvalue weighted by molar-refractivity contribution is -0.305. The van der Waals surface area contributed by atoms with Gasteiger partial charge >= 0.3 is 5.97 Å². The highest BCUT2D eigenvalue weighted by molar-refractivity contribution is 5.69. The maximum Gasteiger partial charge on any atom is 0.306 e. The number of allylic oxidation sites excluding steroid dienone is 8. The standard InChI is InChI=1S/C49H88O9/c1-3-5-7-9-11-13-15-17-19-21-22-23-24-26-28-30-32-34-36-38-45(51)57-43(42-56-49-48(54)47(53)46(52)44(40-50)58-49)41-55-39-37-35-33-31-29-27-25-20-18-16-14-12-10-8-6-4-2/h5,7,11,13,17,19,22-23,43-44,46-50,52-54H,3-4,6,8-10,12,14-16,18,20-21,24-42H2,1-2H3/b7-5-,13-11-,19-17-,23-22-. The van der Waals surface area contributed by atoms with Gasteiger partial charge in [0, 0.05) is 13.0 Å². The van der Waals surface area contributed by atoms with E-state index in [0.717, 1.165) is 70.6 Å². The lowest BCUT2D eigenvalue weighted by atomic mass is 9.99. The van der Waals surface area contributed by atoms with E-state index in [9.17, 15) is 25.2 Å². The summed E-state index contributed by atoms with van der Waals surface area (Å²) in [7, 11) is 0. The van der Waals surface area contributed by atoms with Crippen molar-refractivity contribution in [2.45, 2.75) is 230 Å². The molecule has 0 aromatic carbocycles. The molecule has 1 aliphatic rings. The Labute approximate surface area is 354 Å². The van der Waals surface area contributed by atoms with Gasteiger partial charge in [-0.1, -0.05) is 184 Å². The average Bonchev–Trinajstić information content (AvgIpc) is 3.22. The Morgan fingerprint density at radius 3 is 1.59 bits per heavy atom. The van der Waals surface area contributed by atoms with Gasteiger partial charge in [0.25, 0.3) is 0 Å². The number of rotatable bonds is 40. The van der Waals surface area contributed by atoms with Crippen LogP contribution in [0.2, 0.25) is 0 Å². The largest absolute Gasteiger partial charge is 0.457 e. The topological polar surface area (TPSA) is 135 Å². The minimum Gasteiger partial charge on any atom is -0.457 e. The summed E-state index contributed by atoms with van der Waals surface area (Å²) < 4.78 is 22.8. The van der Waals surface area contributed by atoms with Crippen molar-refractivity contribution in [3.05, 3.63) is 48.6 Å². The highest BCUT2D eigenvalue weighted by Crippen LogP contribution is 2.23. The molecule has 0 aromatic rings. The zero-order valence-corrected chi connectivity index (χ0v) is 37.0. The van der Waals surface area contributed by atoms with Crippen LogP contribution in [0.5, 0.6) is 0 Å². The van der Waals surface area contributed by atoms with Gasteiger partial charge in [0.15, 0.2) is 6.29 Å². The predicted molar refractivity (Wildman–Crippen MR) is 238 cm³/mol. The van der Waals surface area contributed by atoms with Crippen LogP contribution in [0.3, 0.4) is 0 Å². The van der Waals surface area contributed by atoms with Gasteiger partial charge in [-0.05, 0) is 51.4 Å². The predicted octanol–water partition coefficient (Wildman–Crippen LogP) is 10.9. The summed E-state index contributed by atoms with van der Waals surface area (Å²) in [5.74, 6) is -0.326. The third-order valence-electron chi connectivity index (χ3n) is 10.8. The molecule has 9 nitrogen and oxygen atoms in total. The minimum atomic E-state index is -1.54. The van der Waals surface area contributed by atoms with E-state index in [4.69, 9.17) is 18.9 Å². The highest BCUT2D eigenvalue weighted by Gasteiger charge is 2.44. The number of unbranched alkanes of at least 4 members (excludes halogenated alkanes) is 21. The Bertz CT molecular complexity index is 1030. The van der Waals surface area contributed by atoms with Gasteiger partial charge in [-0.3, -0.25) is 4.79 Å². The Hall–Kier alpha value is -1.85. The molecule has 0 saturated carbocycles. The van der Waals surface area contributed by atoms with E-state index in [1.165, 1.54) is 103 Å². The first-order valence-electron chi connectivity index (χ1n) is 23.7. The summed E-state index contributed by atoms with van der Waals surface area (Å²) >= 11 is 0. The van der Waals surface area contributed by atoms with Gasteiger partial charge in [-0.25, -0.2) is 0 Å². The van der Waals surface area contributed by atoms with Gasteiger partial charge in [-0.2, -0.15) is 0 Å². The summed E-state index contributed by atoms with van der Waals surface area (Å²) in [5, 5.41) is 40.2. The smallest absolute Gasteiger partial charge is 0.306 e. The lowest BCUT2D eigenvalue weighted by Gasteiger charge is -2.39. The summed E-state index contributed by atoms with van der Waals surface area (Å²) in [6.45, 7) is 4.45. The molecule has 4 N–H and O–H groups in total. The van der Waals surface area contributed by atoms with Crippen LogP contribution >= 0.6 is 0 Å². The molecule has 0 radical (unpaired) electrons. The van der Waals surface area contributed by atoms with Crippen LogP contribution in [0.1, 0.15) is 194 Å². The fourth-order valence-electron chi connectivity index (χ4n) is 7.07. The van der Waals surface area contributed by atoms with Gasteiger partial charge in [-0.15, -0.1) is 0 Å². The average molecular weight is 821 g/mol. The fraction of sp³-hybridized carbons (Fsp3) is 0.816. The second-order valence-corrected chi connectivity index (χ2v) is 16.2. The molecule has 0 amide bonds. The van der Waals surface area contributed by atoms with E-state index >= 15 is 0 Å². The molecule has 338 valence electrons. The molecule has 0 aliphatic carbocycles. The van der Waals surface area contributed by atoms with E-state index in [0.29, 0.717) is 13.0 Å². The van der Waals surface area contributed by atoms with Crippen molar-refractivity contribution in [2.75, 3.05) is 26.4 Å². The molecule has 0 bridgehead atoms. The van der Waals surface area contributed by atoms with Gasteiger partial charge in [0.05, 0.1) is 19.8 Å². The van der Waals surface area contributed by atoms with E-state index in [1.54, 1.807) is 0 Å². The molecule has 1 saturated heterocycles. The number of hydrogen-bond acceptors (Lipinski definition) is 9. The number of aliphatic hydroxyl groups is 4. The summed E-state index contributed by atoms with van der Waals surface area (Å²) in [5.41, 5.74) is 0. The zero-order chi connectivity index (χ0) is 42.2. The van der Waals surface area contributed by atoms with Crippen LogP contribution in [0.4, 0.5) is 0 Å². The Kier molecular flexibility index (Phi) is 37.9. The quantitative estimate of drug-likeness (QED) is 0.0271. The van der Waals surface area contributed by atoms with E-state index in [2.05, 4.69) is 62.5 Å². The van der Waals surface area contributed by atoms with Crippen LogP contribution < -0.4 is 0 Å². The molecule has 6 atom stereocenters. The molecule has 9 heteroatoms. The third kappa shape index (κ3) is 31.1. The molecule has 0 spiro atoms. The minimum absolute atomic E-state index is 0.118. The molecular formula is C49H88O9. The van der Waals surface area contributed by atoms with Crippen LogP contribution in [-0.4, -0.2) is 89.6 Å². The second kappa shape index (κ2) is 40.6. The molecule has 0 aromatic heterocycles. The van der Waals surface area contributed by atoms with Crippen LogP contribution in [-0.2, 0) is 23.7 Å². The highest BCUT2D eigenvalue weighted by atomic mass is 16.7.